The van der Waals surface area contributed by atoms with E-state index in [4.69, 9.17) is 63.6 Å². The first-order chi connectivity index (χ1) is 49.4. The van der Waals surface area contributed by atoms with Crippen LogP contribution in [0, 0.1) is 0 Å². The molecule has 0 fully saturated rings. The molecular formula is C72H116N18O13. The summed E-state index contributed by atoms with van der Waals surface area (Å²) in [6.07, 6.45) is -2.79. The zero-order chi connectivity index (χ0) is 79.6. The van der Waals surface area contributed by atoms with Gasteiger partial charge in [0.2, 0.25) is 47.3 Å². The van der Waals surface area contributed by atoms with Gasteiger partial charge in [-0.05, 0) is 141 Å². The van der Waals surface area contributed by atoms with Gasteiger partial charge >= 0.3 is 12.2 Å². The third-order valence-electron chi connectivity index (χ3n) is 14.1. The molecule has 4 aromatic carbocycles. The van der Waals surface area contributed by atoms with Gasteiger partial charge in [0.15, 0.2) is 11.9 Å². The lowest BCUT2D eigenvalue weighted by molar-refractivity contribution is -0.133. The van der Waals surface area contributed by atoms with E-state index in [9.17, 15) is 47.9 Å². The SMILES string of the molecule is C.C.O.[2H]C([2H])(CCC[C@]([2H])(NC(=O)[C@H](Cc1ccccc1)NC(=O)[C@@H](CCCN=C(N)N)NC(=O)[C@H](Cc1ccccc1)NC(=O)OC(C)(C)C)C(N)=O)NC(=O)OC(C)(C)C.[2H]C([2H])(N)CCC[C@]([2H])(NC(=O)[C@H](Cc1ccccc1)NC(=O)[C@@H](CCCN=C(N)N)NC(=O)[C@@H](N)Cc1ccccc1)C(N)=O. The van der Waals surface area contributed by atoms with Crippen molar-refractivity contribution >= 4 is 71.4 Å². The van der Waals surface area contributed by atoms with Gasteiger partial charge in [-0.3, -0.25) is 48.3 Å². The van der Waals surface area contributed by atoms with Gasteiger partial charge in [-0.1, -0.05) is 136 Å². The van der Waals surface area contributed by atoms with Gasteiger partial charge in [0, 0.05) is 44.3 Å². The molecule has 0 radical (unpaired) electrons. The number of ether oxygens (including phenoxy) is 2. The van der Waals surface area contributed by atoms with E-state index in [0.717, 1.165) is 5.56 Å². The van der Waals surface area contributed by atoms with Crippen molar-refractivity contribution in [3.8, 4) is 0 Å². The van der Waals surface area contributed by atoms with Gasteiger partial charge in [0.25, 0.3) is 0 Å². The second-order valence-corrected chi connectivity index (χ2v) is 25.1. The molecule has 0 aliphatic rings. The van der Waals surface area contributed by atoms with Crippen molar-refractivity contribution in [1.29, 1.82) is 0 Å². The average molecular weight is 1450 g/mol. The van der Waals surface area contributed by atoms with Crippen molar-refractivity contribution in [2.75, 3.05) is 26.1 Å². The lowest BCUT2D eigenvalue weighted by Gasteiger charge is -2.27. The predicted octanol–water partition coefficient (Wildman–Crippen LogP) is 1.42. The van der Waals surface area contributed by atoms with Gasteiger partial charge in [-0.2, -0.15) is 0 Å². The number of amides is 10. The molecule has 0 aromatic heterocycles. The summed E-state index contributed by atoms with van der Waals surface area (Å²) in [7, 11) is 0. The molecule has 0 unspecified atom stereocenters. The number of benzene rings is 4. The Bertz CT molecular complexity index is 3580. The van der Waals surface area contributed by atoms with Crippen molar-refractivity contribution in [3.05, 3.63) is 144 Å². The van der Waals surface area contributed by atoms with E-state index in [-0.39, 0.29) is 122 Å². The van der Waals surface area contributed by atoms with Crippen LogP contribution >= 0.6 is 0 Å². The highest BCUT2D eigenvalue weighted by molar-refractivity contribution is 5.96. The first-order valence-corrected chi connectivity index (χ1v) is 32.6. The summed E-state index contributed by atoms with van der Waals surface area (Å²) in [5.74, 6) is -7.47. The number of alkyl carbamates (subject to hydrolysis) is 2. The fourth-order valence-electron chi connectivity index (χ4n) is 9.35. The van der Waals surface area contributed by atoms with Crippen molar-refractivity contribution < 1.29 is 71.1 Å². The number of aliphatic imine (C=N–C) groups is 2. The zero-order valence-electron chi connectivity index (χ0n) is 64.2. The lowest BCUT2D eigenvalue weighted by atomic mass is 10.0. The van der Waals surface area contributed by atoms with Crippen LogP contribution in [0.1, 0.15) is 151 Å². The number of hydrogen-bond acceptors (Lipinski definition) is 16. The van der Waals surface area contributed by atoms with Crippen LogP contribution in [0.15, 0.2) is 131 Å². The van der Waals surface area contributed by atoms with E-state index >= 15 is 0 Å². The number of guanidine groups is 2. The number of nitrogens with one attached hydrogen (secondary N) is 8. The Balaban J connectivity index is 0.00000215. The topological polar surface area (TPSA) is 550 Å². The number of carbonyl (C=O) groups is 10. The summed E-state index contributed by atoms with van der Waals surface area (Å²) < 4.78 is 59.2. The number of nitrogens with two attached hydrogens (primary N) is 8. The monoisotopic (exact) mass is 1450 g/mol. The summed E-state index contributed by atoms with van der Waals surface area (Å²) in [4.78, 5) is 140. The normalized spacial score (nSPS) is 14.8. The molecule has 0 aliphatic carbocycles. The van der Waals surface area contributed by atoms with E-state index in [2.05, 4.69) is 52.5 Å². The van der Waals surface area contributed by atoms with Crippen LogP contribution < -0.4 is 88.4 Å². The van der Waals surface area contributed by atoms with Crippen LogP contribution in [-0.2, 0) is 73.5 Å². The van der Waals surface area contributed by atoms with Crippen LogP contribution in [0.25, 0.3) is 0 Å². The van der Waals surface area contributed by atoms with E-state index in [1.54, 1.807) is 133 Å². The van der Waals surface area contributed by atoms with Gasteiger partial charge in [-0.25, -0.2) is 9.59 Å². The molecule has 0 spiro atoms. The summed E-state index contributed by atoms with van der Waals surface area (Å²) in [6, 6.07) is 23.1. The van der Waals surface area contributed by atoms with E-state index in [1.807, 2.05) is 30.3 Å². The summed E-state index contributed by atoms with van der Waals surface area (Å²) in [5.41, 5.74) is 45.4. The third kappa shape index (κ3) is 40.6. The van der Waals surface area contributed by atoms with Crippen molar-refractivity contribution in [1.82, 2.24) is 42.5 Å². The molecule has 4 aromatic rings. The predicted molar refractivity (Wildman–Crippen MR) is 400 cm³/mol. The lowest BCUT2D eigenvalue weighted by Crippen LogP contribution is -2.59. The number of nitrogens with zero attached hydrogens (tertiary/aromatic N) is 2. The average Bonchev–Trinajstić information content (AvgIpc) is 0.835. The summed E-state index contributed by atoms with van der Waals surface area (Å²) >= 11 is 0. The zero-order valence-corrected chi connectivity index (χ0v) is 58.2. The minimum atomic E-state index is -2.47. The second-order valence-electron chi connectivity index (χ2n) is 25.1. The number of primary amides is 2. The molecule has 10 amide bonds. The molecule has 0 saturated heterocycles. The second kappa shape index (κ2) is 49.2. The first-order valence-electron chi connectivity index (χ1n) is 35.6. The fourth-order valence-corrected chi connectivity index (χ4v) is 9.35. The molecule has 572 valence electrons. The van der Waals surface area contributed by atoms with Crippen molar-refractivity contribution in [3.63, 3.8) is 0 Å². The molecule has 31 nitrogen and oxygen atoms in total. The van der Waals surface area contributed by atoms with Gasteiger partial charge in [0.05, 0.1) is 8.78 Å². The largest absolute Gasteiger partial charge is 0.444 e. The van der Waals surface area contributed by atoms with E-state index < -0.39 is 138 Å². The molecule has 8 atom stereocenters. The fraction of sp³-hybridized carbons (Fsp3) is 0.500. The molecule has 4 rings (SSSR count). The highest BCUT2D eigenvalue weighted by atomic mass is 16.6. The van der Waals surface area contributed by atoms with Gasteiger partial charge in [0.1, 0.15) is 53.4 Å². The quantitative estimate of drug-likeness (QED) is 0.0170. The minimum absolute atomic E-state index is 0. The van der Waals surface area contributed by atoms with E-state index in [1.165, 1.54) is 0 Å². The number of hydrogen-bond donors (Lipinski definition) is 16. The van der Waals surface area contributed by atoms with Gasteiger partial charge in [-0.15, -0.1) is 0 Å². The standard InChI is InChI=1S/C40H61N9O8.C30H45N9O4.2CH4.H2O/c1-39(2,3)56-37(54)45-22-14-13-20-28(32(41)50)46-34(52)30(24-26-16-9-7-10-17-26)48-33(51)29(21-15-23-44-36(42)43)47-35(53)31(25-27-18-11-8-12-19-27)49-38(55)57-40(4,5)6;31-16-8-7-14-23(26(33)40)37-29(43)25(19-21-12-5-2-6-13-21)39-28(42)24(15-9-17-36-30(34)35)38-27(41)22(32)18-20-10-3-1-4-11-20;;;/h7-12,16-19,28-31H,13-15,20-25H2,1-6H3,(H2,41,50)(H,45,54)(H,46,52)(H,47,53)(H,48,51)(H,49,55)(H4,42,43,44);1-6,10-13,22-25H,7-9,14-19,31-32H2,(H2,33,40)(H,37,43)(H,38,41)(H,39,42)(H4,34,35,36);2*1H4;1H2/t28-,29+,30-,31-;22-,23-,24+,25-;;;/m00.../s1/i22D2,28D;16D2,23D;;;. The van der Waals surface area contributed by atoms with Crippen molar-refractivity contribution in [2.24, 2.45) is 55.9 Å². The molecule has 0 heterocycles. The van der Waals surface area contributed by atoms with Gasteiger partial charge < -0.3 is 103 Å². The summed E-state index contributed by atoms with van der Waals surface area (Å²) in [6.45, 7) is 5.74. The number of rotatable bonds is 40. The maximum atomic E-state index is 14.1. The Morgan fingerprint density at radius 1 is 0.417 bits per heavy atom. The third-order valence-corrected chi connectivity index (χ3v) is 14.1. The number of carbonyl (C=O) groups excluding carboxylic acids is 10. The maximum Gasteiger partial charge on any atom is 0.408 e. The van der Waals surface area contributed by atoms with Crippen LogP contribution in [0.4, 0.5) is 9.59 Å². The Morgan fingerprint density at radius 3 is 1.08 bits per heavy atom. The maximum absolute atomic E-state index is 14.1. The highest BCUT2D eigenvalue weighted by Gasteiger charge is 2.34. The molecule has 103 heavy (non-hydrogen) atoms. The molecule has 31 heteroatoms. The van der Waals surface area contributed by atoms with Crippen LogP contribution in [0.3, 0.4) is 0 Å². The molecular weight excluding hydrogens is 1320 g/mol. The smallest absolute Gasteiger partial charge is 0.408 e. The molecule has 0 bridgehead atoms. The Hall–Kier alpha value is -10.4. The van der Waals surface area contributed by atoms with Crippen LogP contribution in [0.5, 0.6) is 0 Å². The first kappa shape index (κ1) is 81.6. The molecule has 0 aliphatic heterocycles. The van der Waals surface area contributed by atoms with Crippen LogP contribution in [-0.4, -0.2) is 162 Å². The van der Waals surface area contributed by atoms with Crippen molar-refractivity contribution in [2.45, 2.75) is 206 Å². The Kier molecular flexibility index (Phi) is 39.0. The Morgan fingerprint density at radius 2 is 0.728 bits per heavy atom. The highest BCUT2D eigenvalue weighted by Crippen LogP contribution is 2.14. The molecule has 26 N–H and O–H groups in total. The van der Waals surface area contributed by atoms with Crippen LogP contribution in [0.2, 0.25) is 0 Å². The minimum Gasteiger partial charge on any atom is -0.444 e. The summed E-state index contributed by atoms with van der Waals surface area (Å²) in [5, 5.41) is 20.0. The molecule has 0 saturated carbocycles. The van der Waals surface area contributed by atoms with E-state index in [0.29, 0.717) is 23.1 Å². The Labute approximate surface area is 614 Å².